The zero-order valence-corrected chi connectivity index (χ0v) is 9.90. The number of carbonyl (C=O) groups is 2. The lowest BCUT2D eigenvalue weighted by Gasteiger charge is -2.03. The van der Waals surface area contributed by atoms with Crippen molar-refractivity contribution in [1.29, 1.82) is 0 Å². The van der Waals surface area contributed by atoms with Crippen molar-refractivity contribution in [3.63, 3.8) is 0 Å². The number of ether oxygens (including phenoxy) is 1. The lowest BCUT2D eigenvalue weighted by atomic mass is 10.2. The standard InChI is InChI=1S/C13H15NO3/c1-3-17-13(16)11-4-6-12(7-5-11)14-9-8-10(2)15/h4-9,14H,3H2,1-2H3/b9-8+. The number of hydrogen-bond donors (Lipinski definition) is 1. The van der Waals surface area contributed by atoms with Gasteiger partial charge in [0.2, 0.25) is 0 Å². The quantitative estimate of drug-likeness (QED) is 0.626. The summed E-state index contributed by atoms with van der Waals surface area (Å²) in [6, 6.07) is 6.83. The molecule has 0 aliphatic rings. The average molecular weight is 233 g/mol. The van der Waals surface area contributed by atoms with Gasteiger partial charge in [0, 0.05) is 11.9 Å². The summed E-state index contributed by atoms with van der Waals surface area (Å²) in [7, 11) is 0. The number of anilines is 1. The maximum atomic E-state index is 11.4. The predicted octanol–water partition coefficient (Wildman–Crippen LogP) is 2.38. The minimum atomic E-state index is -0.335. The van der Waals surface area contributed by atoms with Crippen LogP contribution in [0.1, 0.15) is 24.2 Å². The van der Waals surface area contributed by atoms with E-state index < -0.39 is 0 Å². The van der Waals surface area contributed by atoms with Gasteiger partial charge in [0.25, 0.3) is 0 Å². The van der Waals surface area contributed by atoms with Crippen LogP contribution >= 0.6 is 0 Å². The van der Waals surface area contributed by atoms with Gasteiger partial charge in [-0.25, -0.2) is 4.79 Å². The number of esters is 1. The molecule has 0 unspecified atom stereocenters. The maximum absolute atomic E-state index is 11.4. The fourth-order valence-corrected chi connectivity index (χ4v) is 1.17. The number of rotatable bonds is 5. The molecule has 0 fully saturated rings. The zero-order valence-electron chi connectivity index (χ0n) is 9.90. The van der Waals surface area contributed by atoms with Crippen LogP contribution in [0.2, 0.25) is 0 Å². The van der Waals surface area contributed by atoms with E-state index in [0.717, 1.165) is 5.69 Å². The van der Waals surface area contributed by atoms with Gasteiger partial charge in [0.1, 0.15) is 0 Å². The molecule has 0 aliphatic carbocycles. The molecule has 1 aromatic carbocycles. The van der Waals surface area contributed by atoms with Gasteiger partial charge in [0.05, 0.1) is 12.2 Å². The van der Waals surface area contributed by atoms with Gasteiger partial charge in [-0.1, -0.05) is 0 Å². The zero-order chi connectivity index (χ0) is 12.7. The molecule has 90 valence electrons. The highest BCUT2D eigenvalue weighted by molar-refractivity contribution is 5.90. The first kappa shape index (κ1) is 13.0. The third-order valence-corrected chi connectivity index (χ3v) is 1.96. The van der Waals surface area contributed by atoms with Crippen molar-refractivity contribution >= 4 is 17.4 Å². The number of nitrogens with one attached hydrogen (secondary N) is 1. The van der Waals surface area contributed by atoms with Crippen molar-refractivity contribution in [1.82, 2.24) is 0 Å². The molecule has 17 heavy (non-hydrogen) atoms. The van der Waals surface area contributed by atoms with E-state index in [1.54, 1.807) is 37.4 Å². The van der Waals surface area contributed by atoms with Crippen LogP contribution in [-0.2, 0) is 9.53 Å². The summed E-state index contributed by atoms with van der Waals surface area (Å²) in [6.07, 6.45) is 2.99. The lowest BCUT2D eigenvalue weighted by Crippen LogP contribution is -2.04. The predicted molar refractivity (Wildman–Crippen MR) is 65.8 cm³/mol. The third-order valence-electron chi connectivity index (χ3n) is 1.96. The summed E-state index contributed by atoms with van der Waals surface area (Å²) in [5.41, 5.74) is 1.31. The summed E-state index contributed by atoms with van der Waals surface area (Å²) >= 11 is 0. The van der Waals surface area contributed by atoms with E-state index >= 15 is 0 Å². The Hall–Kier alpha value is -2.10. The second-order valence-corrected chi connectivity index (χ2v) is 3.39. The van der Waals surface area contributed by atoms with E-state index in [-0.39, 0.29) is 11.8 Å². The molecule has 4 nitrogen and oxygen atoms in total. The molecule has 4 heteroatoms. The van der Waals surface area contributed by atoms with Crippen LogP contribution in [0.3, 0.4) is 0 Å². The molecule has 1 rings (SSSR count). The van der Waals surface area contributed by atoms with Crippen molar-refractivity contribution in [2.75, 3.05) is 11.9 Å². The SMILES string of the molecule is CCOC(=O)c1ccc(N/C=C/C(C)=O)cc1. The molecular formula is C13H15NO3. The van der Waals surface area contributed by atoms with Crippen LogP contribution in [0.5, 0.6) is 0 Å². The topological polar surface area (TPSA) is 55.4 Å². The molecule has 0 spiro atoms. The Kier molecular flexibility index (Phi) is 4.94. The van der Waals surface area contributed by atoms with Gasteiger partial charge in [-0.3, -0.25) is 4.79 Å². The summed E-state index contributed by atoms with van der Waals surface area (Å²) in [5.74, 6) is -0.362. The number of carbonyl (C=O) groups excluding carboxylic acids is 2. The van der Waals surface area contributed by atoms with Crippen LogP contribution in [0.25, 0.3) is 0 Å². The van der Waals surface area contributed by atoms with Gasteiger partial charge in [-0.2, -0.15) is 0 Å². The number of hydrogen-bond acceptors (Lipinski definition) is 4. The molecule has 0 heterocycles. The number of ketones is 1. The molecule has 0 atom stereocenters. The van der Waals surface area contributed by atoms with Crippen LogP contribution in [0.15, 0.2) is 36.5 Å². The van der Waals surface area contributed by atoms with Crippen molar-refractivity contribution in [2.45, 2.75) is 13.8 Å². The minimum absolute atomic E-state index is 0.0272. The first-order chi connectivity index (χ1) is 8.13. The van der Waals surface area contributed by atoms with E-state index in [1.165, 1.54) is 13.0 Å². The van der Waals surface area contributed by atoms with Crippen LogP contribution in [0.4, 0.5) is 5.69 Å². The summed E-state index contributed by atoms with van der Waals surface area (Å²) in [6.45, 7) is 3.60. The fourth-order valence-electron chi connectivity index (χ4n) is 1.17. The van der Waals surface area contributed by atoms with Gasteiger partial charge >= 0.3 is 5.97 Å². The second-order valence-electron chi connectivity index (χ2n) is 3.39. The smallest absolute Gasteiger partial charge is 0.338 e. The Balaban J connectivity index is 2.62. The fraction of sp³-hybridized carbons (Fsp3) is 0.231. The molecule has 0 radical (unpaired) electrons. The Morgan fingerprint density at radius 1 is 1.29 bits per heavy atom. The van der Waals surface area contributed by atoms with Crippen LogP contribution < -0.4 is 5.32 Å². The van der Waals surface area contributed by atoms with Crippen molar-refractivity contribution in [2.24, 2.45) is 0 Å². The molecule has 1 N–H and O–H groups in total. The van der Waals surface area contributed by atoms with E-state index in [2.05, 4.69) is 5.32 Å². The summed E-state index contributed by atoms with van der Waals surface area (Å²) < 4.78 is 4.86. The largest absolute Gasteiger partial charge is 0.462 e. The van der Waals surface area contributed by atoms with Crippen LogP contribution in [-0.4, -0.2) is 18.4 Å². The van der Waals surface area contributed by atoms with Gasteiger partial charge < -0.3 is 10.1 Å². The molecule has 0 bridgehead atoms. The summed E-state index contributed by atoms with van der Waals surface area (Å²) in [5, 5.41) is 2.92. The Morgan fingerprint density at radius 3 is 2.47 bits per heavy atom. The molecule has 0 saturated heterocycles. The monoisotopic (exact) mass is 233 g/mol. The van der Waals surface area contributed by atoms with E-state index in [1.807, 2.05) is 0 Å². The molecule has 0 saturated carbocycles. The van der Waals surface area contributed by atoms with E-state index in [9.17, 15) is 9.59 Å². The van der Waals surface area contributed by atoms with Gasteiger partial charge in [-0.05, 0) is 44.2 Å². The number of allylic oxidation sites excluding steroid dienone is 1. The van der Waals surface area contributed by atoms with Gasteiger partial charge in [0.15, 0.2) is 5.78 Å². The van der Waals surface area contributed by atoms with Crippen LogP contribution in [0, 0.1) is 0 Å². The lowest BCUT2D eigenvalue weighted by molar-refractivity contribution is -0.112. The molecule has 0 amide bonds. The highest BCUT2D eigenvalue weighted by Crippen LogP contribution is 2.10. The molecule has 0 aliphatic heterocycles. The molecule has 1 aromatic rings. The molecular weight excluding hydrogens is 218 g/mol. The summed E-state index contributed by atoms with van der Waals surface area (Å²) in [4.78, 5) is 22.0. The van der Waals surface area contributed by atoms with Crippen molar-refractivity contribution in [3.8, 4) is 0 Å². The van der Waals surface area contributed by atoms with Crippen molar-refractivity contribution in [3.05, 3.63) is 42.1 Å². The Morgan fingerprint density at radius 2 is 1.94 bits per heavy atom. The first-order valence-electron chi connectivity index (χ1n) is 5.34. The average Bonchev–Trinajstić information content (AvgIpc) is 2.30. The normalized spacial score (nSPS) is 10.2. The molecule has 0 aromatic heterocycles. The maximum Gasteiger partial charge on any atom is 0.338 e. The van der Waals surface area contributed by atoms with Gasteiger partial charge in [-0.15, -0.1) is 0 Å². The minimum Gasteiger partial charge on any atom is -0.462 e. The first-order valence-corrected chi connectivity index (χ1v) is 5.34. The van der Waals surface area contributed by atoms with Crippen molar-refractivity contribution < 1.29 is 14.3 Å². The second kappa shape index (κ2) is 6.48. The number of benzene rings is 1. The highest BCUT2D eigenvalue weighted by atomic mass is 16.5. The third kappa shape index (κ3) is 4.51. The van der Waals surface area contributed by atoms with E-state index in [0.29, 0.717) is 12.2 Å². The highest BCUT2D eigenvalue weighted by Gasteiger charge is 2.04. The Labute approximate surface area is 100 Å². The van der Waals surface area contributed by atoms with E-state index in [4.69, 9.17) is 4.74 Å². The Bertz CT molecular complexity index is 421.